The molecule has 0 aliphatic carbocycles. The Balaban J connectivity index is 1.11. The molecule has 2 amide bonds. The second-order valence-corrected chi connectivity index (χ2v) is 14.0. The van der Waals surface area contributed by atoms with Gasteiger partial charge in [-0.3, -0.25) is 9.48 Å². The fourth-order valence-electron chi connectivity index (χ4n) is 6.96. The monoisotopic (exact) mass is 784 g/mol. The first kappa shape index (κ1) is 39.0. The van der Waals surface area contributed by atoms with Gasteiger partial charge < -0.3 is 54.0 Å². The van der Waals surface area contributed by atoms with Crippen molar-refractivity contribution in [2.75, 3.05) is 26.1 Å². The van der Waals surface area contributed by atoms with Crippen LogP contribution in [0, 0.1) is 0 Å². The van der Waals surface area contributed by atoms with Gasteiger partial charge in [0.25, 0.3) is 5.91 Å². The van der Waals surface area contributed by atoms with Crippen molar-refractivity contribution >= 4 is 34.8 Å². The number of benzene rings is 2. The lowest BCUT2D eigenvalue weighted by Crippen LogP contribution is -2.46. The Morgan fingerprint density at radius 3 is 2.53 bits per heavy atom. The van der Waals surface area contributed by atoms with Crippen molar-refractivity contribution in [2.45, 2.75) is 69.8 Å². The van der Waals surface area contributed by atoms with Crippen LogP contribution >= 0.6 is 0 Å². The molecule has 5 atom stereocenters. The summed E-state index contributed by atoms with van der Waals surface area (Å²) < 4.78 is 38.7. The number of aromatic nitrogens is 5. The minimum Gasteiger partial charge on any atom is -0.497 e. The van der Waals surface area contributed by atoms with Crippen LogP contribution in [-0.2, 0) is 48.7 Å². The van der Waals surface area contributed by atoms with E-state index in [-0.39, 0.29) is 19.6 Å². The van der Waals surface area contributed by atoms with Gasteiger partial charge in [0.15, 0.2) is 18.1 Å². The van der Waals surface area contributed by atoms with E-state index in [4.69, 9.17) is 28.4 Å². The lowest BCUT2D eigenvalue weighted by Gasteiger charge is -2.25. The topological polar surface area (TPSA) is 211 Å². The van der Waals surface area contributed by atoms with E-state index < -0.39 is 54.3 Å². The molecule has 4 N–H and O–H groups in total. The number of hydrogen-bond donors (Lipinski definition) is 4. The molecular weight excluding hydrogens is 740 g/mol. The van der Waals surface area contributed by atoms with E-state index in [0.29, 0.717) is 46.2 Å². The van der Waals surface area contributed by atoms with Crippen LogP contribution in [0.3, 0.4) is 0 Å². The van der Waals surface area contributed by atoms with E-state index in [0.717, 1.165) is 11.1 Å². The highest BCUT2D eigenvalue weighted by Crippen LogP contribution is 2.46. The third-order valence-electron chi connectivity index (χ3n) is 9.64. The smallest absolute Gasteiger partial charge is 0.408 e. The van der Waals surface area contributed by atoms with E-state index in [9.17, 15) is 19.5 Å². The Hall–Kier alpha value is -6.24. The van der Waals surface area contributed by atoms with E-state index in [2.05, 4.69) is 31.0 Å². The van der Waals surface area contributed by atoms with Gasteiger partial charge in [0.2, 0.25) is 0 Å². The van der Waals surface area contributed by atoms with Crippen LogP contribution in [0.5, 0.6) is 11.5 Å². The highest BCUT2D eigenvalue weighted by molar-refractivity contribution is 6.00. The van der Waals surface area contributed by atoms with Crippen LogP contribution in [0.4, 0.5) is 10.6 Å². The molecule has 7 rings (SSSR count). The summed E-state index contributed by atoms with van der Waals surface area (Å²) in [6.45, 7) is 3.74. The molecule has 0 unspecified atom stereocenters. The molecule has 18 nitrogen and oxygen atoms in total. The molecule has 2 aromatic carbocycles. The summed E-state index contributed by atoms with van der Waals surface area (Å²) in [5.41, 5.74) is 3.46. The molecule has 0 saturated carbocycles. The number of carbonyl (C=O) groups is 3. The minimum atomic E-state index is -1.33. The van der Waals surface area contributed by atoms with Crippen molar-refractivity contribution in [1.82, 2.24) is 34.9 Å². The number of carbonyl (C=O) groups excluding carboxylic acids is 2. The zero-order valence-electron chi connectivity index (χ0n) is 32.0. The number of hydrogen-bond acceptors (Lipinski definition) is 13. The average molecular weight is 785 g/mol. The van der Waals surface area contributed by atoms with E-state index >= 15 is 0 Å². The predicted octanol–water partition coefficient (Wildman–Crippen LogP) is 3.76. The van der Waals surface area contributed by atoms with Crippen molar-refractivity contribution in [3.05, 3.63) is 84.4 Å². The molecule has 5 aromatic rings. The number of nitrogens with zero attached hydrogens (tertiary/aromatic N) is 5. The number of carboxylic acid groups (broad SMARTS) is 1. The number of methoxy groups -OCH3 is 2. The third-order valence-corrected chi connectivity index (χ3v) is 9.64. The Labute approximate surface area is 327 Å². The van der Waals surface area contributed by atoms with Crippen molar-refractivity contribution < 1.29 is 47.9 Å². The lowest BCUT2D eigenvalue weighted by atomic mass is 10.1. The van der Waals surface area contributed by atoms with Gasteiger partial charge in [-0.25, -0.2) is 19.6 Å². The van der Waals surface area contributed by atoms with Gasteiger partial charge in [-0.1, -0.05) is 30.3 Å². The summed E-state index contributed by atoms with van der Waals surface area (Å²) in [7, 11) is 5.00. The number of carboxylic acids is 1. The van der Waals surface area contributed by atoms with Gasteiger partial charge >= 0.3 is 12.1 Å². The first-order chi connectivity index (χ1) is 27.4. The molecule has 0 bridgehead atoms. The number of anilines is 1. The van der Waals surface area contributed by atoms with Crippen molar-refractivity contribution in [2.24, 2.45) is 7.05 Å². The summed E-state index contributed by atoms with van der Waals surface area (Å²) in [4.78, 5) is 47.4. The van der Waals surface area contributed by atoms with Crippen molar-refractivity contribution in [3.63, 3.8) is 0 Å². The quantitative estimate of drug-likeness (QED) is 0.119. The molecule has 2 saturated heterocycles. The highest BCUT2D eigenvalue weighted by atomic mass is 16.8. The zero-order valence-corrected chi connectivity index (χ0v) is 32.0. The van der Waals surface area contributed by atoms with Crippen LogP contribution in [0.15, 0.2) is 73.3 Å². The largest absolute Gasteiger partial charge is 0.497 e. The highest BCUT2D eigenvalue weighted by Gasteiger charge is 2.58. The second-order valence-electron chi connectivity index (χ2n) is 14.0. The Morgan fingerprint density at radius 1 is 1.02 bits per heavy atom. The number of fused-ring (bicyclic) bond motifs is 2. The van der Waals surface area contributed by atoms with Gasteiger partial charge in [-0.15, -0.1) is 0 Å². The maximum absolute atomic E-state index is 13.8. The first-order valence-corrected chi connectivity index (χ1v) is 18.2. The van der Waals surface area contributed by atoms with Crippen LogP contribution in [-0.4, -0.2) is 98.3 Å². The molecular formula is C39H44N8O10. The number of aliphatic carboxylic acids is 1. The molecule has 2 aliphatic heterocycles. The van der Waals surface area contributed by atoms with Crippen molar-refractivity contribution in [1.29, 1.82) is 0 Å². The fraction of sp³-hybridized carbons (Fsp3) is 0.385. The van der Waals surface area contributed by atoms with Gasteiger partial charge in [-0.2, -0.15) is 5.10 Å². The maximum atomic E-state index is 13.8. The molecule has 57 heavy (non-hydrogen) atoms. The van der Waals surface area contributed by atoms with Crippen LogP contribution in [0.25, 0.3) is 22.3 Å². The number of nitrogens with one attached hydrogen (secondary N) is 3. The second kappa shape index (κ2) is 16.5. The molecule has 0 radical (unpaired) electrons. The Kier molecular flexibility index (Phi) is 11.3. The molecule has 2 aliphatic rings. The summed E-state index contributed by atoms with van der Waals surface area (Å²) in [6, 6.07) is 15.1. The number of rotatable bonds is 15. The molecule has 2 fully saturated rings. The van der Waals surface area contributed by atoms with Crippen LogP contribution in [0.2, 0.25) is 0 Å². The Morgan fingerprint density at radius 2 is 1.81 bits per heavy atom. The zero-order chi connectivity index (χ0) is 40.3. The predicted molar refractivity (Wildman–Crippen MR) is 203 cm³/mol. The van der Waals surface area contributed by atoms with E-state index in [1.807, 2.05) is 43.7 Å². The number of alkyl carbamates (subject to hydrolysis) is 1. The third kappa shape index (κ3) is 8.47. The number of aryl methyl sites for hydroxylation is 1. The van der Waals surface area contributed by atoms with Crippen molar-refractivity contribution in [3.8, 4) is 22.8 Å². The molecule has 0 spiro atoms. The van der Waals surface area contributed by atoms with Crippen LogP contribution < -0.4 is 25.4 Å². The van der Waals surface area contributed by atoms with Gasteiger partial charge in [0, 0.05) is 49.7 Å². The summed E-state index contributed by atoms with van der Waals surface area (Å²) in [5.74, 6) is -1.06. The van der Waals surface area contributed by atoms with Gasteiger partial charge in [-0.05, 0) is 44.0 Å². The number of amides is 2. The molecule has 3 aromatic heterocycles. The summed E-state index contributed by atoms with van der Waals surface area (Å²) in [5, 5.41) is 23.6. The maximum Gasteiger partial charge on any atom is 0.408 e. The number of ether oxygens (including phenoxy) is 6. The fourth-order valence-corrected chi connectivity index (χ4v) is 6.96. The Bertz CT molecular complexity index is 2240. The van der Waals surface area contributed by atoms with Gasteiger partial charge in [0.05, 0.1) is 25.3 Å². The average Bonchev–Trinajstić information content (AvgIpc) is 3.97. The minimum absolute atomic E-state index is 0.0281. The molecule has 18 heteroatoms. The summed E-state index contributed by atoms with van der Waals surface area (Å²) in [6.07, 6.45) is 0.482. The lowest BCUT2D eigenvalue weighted by molar-refractivity contribution is -0.197. The standard InChI is InChI=1S/C39H44N8O10/c1-39(2)56-30-31(35(48)40-15-13-27(37(49)50)44-38(51)54-20-22-9-7-6-8-10-22)55-36(32(30)57-39)47-19-25(26-14-16-46(3)45-26)29-33(42-21-43-34(29)47)41-18-23-11-12-24(52-4)17-28(23)53-5/h6-12,14,16-17,19,21,27,30-32,36H,13,15,18,20H2,1-5H3,(H,40,48)(H,44,51)(H,49,50)(H,41,42,43)/t27-,30+,31-,32+,36+/m0/s1. The summed E-state index contributed by atoms with van der Waals surface area (Å²) >= 11 is 0. The van der Waals surface area contributed by atoms with E-state index in [1.165, 1.54) is 6.33 Å². The van der Waals surface area contributed by atoms with Gasteiger partial charge in [0.1, 0.15) is 54.1 Å². The molecule has 300 valence electrons. The van der Waals surface area contributed by atoms with Crippen LogP contribution in [0.1, 0.15) is 37.6 Å². The normalized spacial score (nSPS) is 20.1. The SMILES string of the molecule is COc1ccc(CNc2ncnc3c2c(-c2ccn(C)n2)cn3[C@@H]2O[C@H](C(=O)NCC[C@H](NC(=O)OCc3ccccc3)C(=O)O)[C@H]3OC(C)(C)O[C@H]32)c(OC)c1. The first-order valence-electron chi connectivity index (χ1n) is 18.2. The van der Waals surface area contributed by atoms with E-state index in [1.54, 1.807) is 67.6 Å². The molecule has 5 heterocycles.